The number of aromatic nitrogens is 4. The Balaban J connectivity index is 1.47. The number of ether oxygens (including phenoxy) is 1. The summed E-state index contributed by atoms with van der Waals surface area (Å²) in [5, 5.41) is 0. The Morgan fingerprint density at radius 2 is 1.93 bits per heavy atom. The van der Waals surface area contributed by atoms with Gasteiger partial charge in [0.1, 0.15) is 17.4 Å². The maximum Gasteiger partial charge on any atom is 0.272 e. The molecule has 4 aromatic heterocycles. The van der Waals surface area contributed by atoms with Crippen molar-refractivity contribution in [1.29, 1.82) is 0 Å². The second kappa shape index (κ2) is 6.84. The molecule has 1 amide bonds. The van der Waals surface area contributed by atoms with Crippen LogP contribution in [0.5, 0.6) is 5.88 Å². The maximum atomic E-state index is 13.3. The summed E-state index contributed by atoms with van der Waals surface area (Å²) in [7, 11) is 0. The molecule has 0 radical (unpaired) electrons. The molecule has 5 rings (SSSR count). The van der Waals surface area contributed by atoms with Crippen LogP contribution in [0.1, 0.15) is 16.2 Å². The predicted octanol–water partition coefficient (Wildman–Crippen LogP) is 2.63. The zero-order valence-corrected chi connectivity index (χ0v) is 15.2. The van der Waals surface area contributed by atoms with Crippen molar-refractivity contribution in [2.24, 2.45) is 0 Å². The number of pyridine rings is 2. The molecule has 7 nitrogen and oxygen atoms in total. The minimum Gasteiger partial charge on any atom is -0.471 e. The number of fused-ring (bicyclic) bond motifs is 2. The van der Waals surface area contributed by atoms with Crippen LogP contribution in [0.2, 0.25) is 0 Å². The average molecular weight is 373 g/mol. The third-order valence-electron chi connectivity index (χ3n) is 4.95. The van der Waals surface area contributed by atoms with Gasteiger partial charge in [-0.2, -0.15) is 0 Å². The fraction of sp³-hybridized carbons (Fsp3) is 0.190. The average Bonchev–Trinajstić information content (AvgIpc) is 3.31. The molecule has 1 unspecified atom stereocenters. The SMILES string of the molecule is O=C(c1cnc2ccccn12)N1Cc2cccn2CC(Oc2ccccn2)C1. The van der Waals surface area contributed by atoms with Crippen LogP contribution in [0.4, 0.5) is 0 Å². The fourth-order valence-electron chi connectivity index (χ4n) is 3.62. The lowest BCUT2D eigenvalue weighted by atomic mass is 10.3. The summed E-state index contributed by atoms with van der Waals surface area (Å²) in [6.45, 7) is 1.65. The van der Waals surface area contributed by atoms with E-state index >= 15 is 0 Å². The third kappa shape index (κ3) is 3.00. The molecule has 7 heteroatoms. The first kappa shape index (κ1) is 16.6. The molecule has 1 aliphatic heterocycles. The Kier molecular flexibility index (Phi) is 4.05. The first-order chi connectivity index (χ1) is 13.8. The van der Waals surface area contributed by atoms with E-state index in [4.69, 9.17) is 4.74 Å². The van der Waals surface area contributed by atoms with Crippen molar-refractivity contribution in [2.75, 3.05) is 6.54 Å². The summed E-state index contributed by atoms with van der Waals surface area (Å²) in [5.74, 6) is 0.494. The van der Waals surface area contributed by atoms with Gasteiger partial charge < -0.3 is 14.2 Å². The molecular weight excluding hydrogens is 354 g/mol. The summed E-state index contributed by atoms with van der Waals surface area (Å²) < 4.78 is 10.1. The molecular formula is C21H19N5O2. The highest BCUT2D eigenvalue weighted by molar-refractivity contribution is 5.93. The first-order valence-corrected chi connectivity index (χ1v) is 9.21. The molecule has 1 atom stereocenters. The van der Waals surface area contributed by atoms with E-state index < -0.39 is 0 Å². The molecule has 4 aromatic rings. The molecule has 0 aromatic carbocycles. The Hall–Kier alpha value is -3.61. The molecule has 0 bridgehead atoms. The quantitative estimate of drug-likeness (QED) is 0.554. The third-order valence-corrected chi connectivity index (χ3v) is 4.95. The van der Waals surface area contributed by atoms with E-state index in [1.165, 1.54) is 0 Å². The van der Waals surface area contributed by atoms with Crippen LogP contribution in [0.15, 0.2) is 73.3 Å². The Morgan fingerprint density at radius 1 is 1.00 bits per heavy atom. The minimum atomic E-state index is -0.202. The molecule has 0 N–H and O–H groups in total. The van der Waals surface area contributed by atoms with Crippen molar-refractivity contribution < 1.29 is 9.53 Å². The highest BCUT2D eigenvalue weighted by atomic mass is 16.5. The maximum absolute atomic E-state index is 13.3. The number of nitrogens with zero attached hydrogens (tertiary/aromatic N) is 5. The van der Waals surface area contributed by atoms with Crippen molar-refractivity contribution in [1.82, 2.24) is 23.8 Å². The van der Waals surface area contributed by atoms with Crippen molar-refractivity contribution >= 4 is 11.6 Å². The topological polar surface area (TPSA) is 64.7 Å². The minimum absolute atomic E-state index is 0.0667. The lowest BCUT2D eigenvalue weighted by Gasteiger charge is -2.24. The number of hydrogen-bond acceptors (Lipinski definition) is 4. The van der Waals surface area contributed by atoms with E-state index in [1.54, 1.807) is 12.4 Å². The first-order valence-electron chi connectivity index (χ1n) is 9.21. The second-order valence-corrected chi connectivity index (χ2v) is 6.82. The molecule has 0 saturated carbocycles. The molecule has 5 heterocycles. The van der Waals surface area contributed by atoms with Gasteiger partial charge in [-0.25, -0.2) is 9.97 Å². The number of carbonyl (C=O) groups is 1. The Labute approximate surface area is 161 Å². The molecule has 0 aliphatic carbocycles. The Bertz CT molecular complexity index is 1120. The van der Waals surface area contributed by atoms with Gasteiger partial charge in [0.05, 0.1) is 25.8 Å². The lowest BCUT2D eigenvalue weighted by Crippen LogP contribution is -2.39. The van der Waals surface area contributed by atoms with Gasteiger partial charge >= 0.3 is 0 Å². The van der Waals surface area contributed by atoms with Crippen LogP contribution in [0.3, 0.4) is 0 Å². The van der Waals surface area contributed by atoms with E-state index in [9.17, 15) is 4.79 Å². The Morgan fingerprint density at radius 3 is 2.82 bits per heavy atom. The van der Waals surface area contributed by atoms with Gasteiger partial charge in [-0.05, 0) is 30.3 Å². The summed E-state index contributed by atoms with van der Waals surface area (Å²) in [5.41, 5.74) is 2.38. The van der Waals surface area contributed by atoms with Gasteiger partial charge in [0.2, 0.25) is 5.88 Å². The lowest BCUT2D eigenvalue weighted by molar-refractivity contribution is 0.0639. The van der Waals surface area contributed by atoms with E-state index in [2.05, 4.69) is 14.5 Å². The normalized spacial score (nSPS) is 16.6. The molecule has 1 aliphatic rings. The van der Waals surface area contributed by atoms with Crippen LogP contribution in [0.25, 0.3) is 5.65 Å². The predicted molar refractivity (Wildman–Crippen MR) is 103 cm³/mol. The molecule has 0 saturated heterocycles. The summed E-state index contributed by atoms with van der Waals surface area (Å²) in [6.07, 6.45) is 7.02. The number of rotatable bonds is 3. The van der Waals surface area contributed by atoms with Gasteiger partial charge in [-0.3, -0.25) is 9.20 Å². The van der Waals surface area contributed by atoms with Crippen molar-refractivity contribution in [3.05, 3.63) is 84.7 Å². The van der Waals surface area contributed by atoms with Gasteiger partial charge in [0.25, 0.3) is 5.91 Å². The summed E-state index contributed by atoms with van der Waals surface area (Å²) in [6, 6.07) is 15.3. The van der Waals surface area contributed by atoms with Crippen LogP contribution >= 0.6 is 0 Å². The molecule has 0 spiro atoms. The fourth-order valence-corrected chi connectivity index (χ4v) is 3.62. The highest BCUT2D eigenvalue weighted by Crippen LogP contribution is 2.19. The molecule has 0 fully saturated rings. The van der Waals surface area contributed by atoms with Crippen molar-refractivity contribution in [2.45, 2.75) is 19.2 Å². The second-order valence-electron chi connectivity index (χ2n) is 6.82. The molecule has 140 valence electrons. The van der Waals surface area contributed by atoms with Gasteiger partial charge in [-0.1, -0.05) is 12.1 Å². The summed E-state index contributed by atoms with van der Waals surface area (Å²) >= 11 is 0. The largest absolute Gasteiger partial charge is 0.471 e. The zero-order valence-electron chi connectivity index (χ0n) is 15.2. The highest BCUT2D eigenvalue weighted by Gasteiger charge is 2.28. The standard InChI is InChI=1S/C21H19N5O2/c27-21(18-12-23-19-7-2-4-11-26(18)19)25-13-16-6-5-10-24(16)14-17(15-25)28-20-8-1-3-9-22-20/h1-12,17H,13-15H2. The van der Waals surface area contributed by atoms with Gasteiger partial charge in [0.15, 0.2) is 0 Å². The van der Waals surface area contributed by atoms with Gasteiger partial charge in [0, 0.05) is 30.4 Å². The van der Waals surface area contributed by atoms with Crippen molar-refractivity contribution in [3.8, 4) is 5.88 Å². The summed E-state index contributed by atoms with van der Waals surface area (Å²) in [4.78, 5) is 23.8. The smallest absolute Gasteiger partial charge is 0.272 e. The van der Waals surface area contributed by atoms with Gasteiger partial charge in [-0.15, -0.1) is 0 Å². The van der Waals surface area contributed by atoms with E-state index in [1.807, 2.05) is 70.2 Å². The number of imidazole rings is 1. The van der Waals surface area contributed by atoms with Crippen LogP contribution in [0, 0.1) is 0 Å². The van der Waals surface area contributed by atoms with Crippen LogP contribution < -0.4 is 4.74 Å². The van der Waals surface area contributed by atoms with Crippen molar-refractivity contribution in [3.63, 3.8) is 0 Å². The van der Waals surface area contributed by atoms with Crippen LogP contribution in [-0.4, -0.2) is 42.4 Å². The number of amides is 1. The van der Waals surface area contributed by atoms with E-state index in [0.717, 1.165) is 11.3 Å². The molecule has 28 heavy (non-hydrogen) atoms. The van der Waals surface area contributed by atoms with E-state index in [-0.39, 0.29) is 12.0 Å². The van der Waals surface area contributed by atoms with Crippen LogP contribution in [-0.2, 0) is 13.1 Å². The number of carbonyl (C=O) groups excluding carboxylic acids is 1. The zero-order chi connectivity index (χ0) is 18.9. The monoisotopic (exact) mass is 373 g/mol. The number of hydrogen-bond donors (Lipinski definition) is 0. The van der Waals surface area contributed by atoms with E-state index in [0.29, 0.717) is 31.2 Å².